The van der Waals surface area contributed by atoms with E-state index >= 15 is 0 Å². The molecule has 5 unspecified atom stereocenters. The maximum atomic E-state index is 13.0. The van der Waals surface area contributed by atoms with E-state index in [-0.39, 0.29) is 53.9 Å². The van der Waals surface area contributed by atoms with E-state index < -0.39 is 0 Å². The van der Waals surface area contributed by atoms with Gasteiger partial charge in [0.05, 0.1) is 18.9 Å². The molecular weight excluding hydrogens is 442 g/mol. The van der Waals surface area contributed by atoms with E-state index in [1.165, 1.54) is 4.90 Å². The lowest BCUT2D eigenvalue weighted by Gasteiger charge is -2.20. The molecule has 3 amide bonds. The molecule has 35 heavy (non-hydrogen) atoms. The number of carbonyl (C=O) groups is 3. The first-order valence-electron chi connectivity index (χ1n) is 12.1. The number of rotatable bonds is 7. The molecule has 2 heterocycles. The standard InChI is InChI=1S/C28H27N3O4/c1-35-19-10-8-16(9-11-19)21(22-14-29-23-5-3-2-4-20(22)23)13-30-24(32)15-31-27(33)25-17-6-7-18(12-17)26(25)28(31)34/h2-11,14,17-18,21,25-26,29H,12-13,15H2,1H3,(H,30,32). The fraction of sp³-hybridized carbons (Fsp3) is 0.321. The highest BCUT2D eigenvalue weighted by molar-refractivity contribution is 6.08. The molecule has 1 aliphatic heterocycles. The van der Waals surface area contributed by atoms with Crippen LogP contribution < -0.4 is 10.1 Å². The summed E-state index contributed by atoms with van der Waals surface area (Å²) in [5, 5.41) is 4.08. The first-order chi connectivity index (χ1) is 17.0. The zero-order valence-corrected chi connectivity index (χ0v) is 19.4. The fourth-order valence-electron chi connectivity index (χ4n) is 6.16. The van der Waals surface area contributed by atoms with E-state index in [4.69, 9.17) is 4.74 Å². The summed E-state index contributed by atoms with van der Waals surface area (Å²) in [5.41, 5.74) is 3.12. The third kappa shape index (κ3) is 3.53. The third-order valence-electron chi connectivity index (χ3n) is 7.88. The molecule has 5 atom stereocenters. The van der Waals surface area contributed by atoms with Crippen LogP contribution in [0.2, 0.25) is 0 Å². The average molecular weight is 470 g/mol. The molecule has 0 spiro atoms. The molecule has 178 valence electrons. The number of hydrogen-bond donors (Lipinski definition) is 2. The second-order valence-electron chi connectivity index (χ2n) is 9.68. The Bertz CT molecular complexity index is 1310. The number of benzene rings is 2. The van der Waals surface area contributed by atoms with E-state index in [1.54, 1.807) is 7.11 Å². The molecule has 1 aromatic heterocycles. The molecule has 7 nitrogen and oxygen atoms in total. The first kappa shape index (κ1) is 21.6. The third-order valence-corrected chi connectivity index (χ3v) is 7.88. The summed E-state index contributed by atoms with van der Waals surface area (Å²) in [5.74, 6) is -0.393. The average Bonchev–Trinajstić information content (AvgIpc) is 3.65. The molecule has 2 aliphatic carbocycles. The quantitative estimate of drug-likeness (QED) is 0.411. The summed E-state index contributed by atoms with van der Waals surface area (Å²) in [4.78, 5) is 43.3. The van der Waals surface area contributed by atoms with Gasteiger partial charge in [0.2, 0.25) is 17.7 Å². The number of ether oxygens (including phenoxy) is 1. The van der Waals surface area contributed by atoms with Gasteiger partial charge in [0.1, 0.15) is 12.3 Å². The molecule has 2 fully saturated rings. The summed E-state index contributed by atoms with van der Waals surface area (Å²) in [6, 6.07) is 15.8. The van der Waals surface area contributed by atoms with Crippen molar-refractivity contribution in [3.63, 3.8) is 0 Å². The molecule has 3 aromatic rings. The van der Waals surface area contributed by atoms with Crippen molar-refractivity contribution in [2.45, 2.75) is 12.3 Å². The summed E-state index contributed by atoms with van der Waals surface area (Å²) in [6.07, 6.45) is 6.96. The molecule has 2 bridgehead atoms. The van der Waals surface area contributed by atoms with Crippen LogP contribution in [0.5, 0.6) is 5.75 Å². The van der Waals surface area contributed by atoms with Crippen LogP contribution >= 0.6 is 0 Å². The molecule has 2 N–H and O–H groups in total. The molecule has 1 saturated carbocycles. The predicted octanol–water partition coefficient (Wildman–Crippen LogP) is 3.23. The number of amides is 3. The summed E-state index contributed by atoms with van der Waals surface area (Å²) < 4.78 is 5.30. The maximum Gasteiger partial charge on any atom is 0.240 e. The van der Waals surface area contributed by atoms with Crippen LogP contribution in [-0.2, 0) is 14.4 Å². The predicted molar refractivity (Wildman–Crippen MR) is 131 cm³/mol. The van der Waals surface area contributed by atoms with Crippen LogP contribution in [0.4, 0.5) is 0 Å². The van der Waals surface area contributed by atoms with Gasteiger partial charge < -0.3 is 15.0 Å². The summed E-state index contributed by atoms with van der Waals surface area (Å²) in [7, 11) is 1.63. The van der Waals surface area contributed by atoms with Crippen LogP contribution in [0.25, 0.3) is 10.9 Å². The van der Waals surface area contributed by atoms with Crippen LogP contribution in [0.3, 0.4) is 0 Å². The number of allylic oxidation sites excluding steroid dienone is 2. The largest absolute Gasteiger partial charge is 0.497 e. The second kappa shape index (κ2) is 8.41. The number of hydrogen-bond acceptors (Lipinski definition) is 4. The zero-order chi connectivity index (χ0) is 24.1. The van der Waals surface area contributed by atoms with Gasteiger partial charge in [-0.2, -0.15) is 0 Å². The number of H-pyrrole nitrogens is 1. The smallest absolute Gasteiger partial charge is 0.240 e. The number of likely N-dealkylation sites (tertiary alicyclic amines) is 1. The second-order valence-corrected chi connectivity index (χ2v) is 9.68. The maximum absolute atomic E-state index is 13.0. The van der Waals surface area contributed by atoms with Crippen molar-refractivity contribution in [1.29, 1.82) is 0 Å². The summed E-state index contributed by atoms with van der Waals surface area (Å²) in [6.45, 7) is 0.107. The van der Waals surface area contributed by atoms with Gasteiger partial charge in [0.25, 0.3) is 0 Å². The van der Waals surface area contributed by atoms with Crippen LogP contribution in [0, 0.1) is 23.7 Å². The molecule has 3 aliphatic rings. The fourth-order valence-corrected chi connectivity index (χ4v) is 6.16. The summed E-state index contributed by atoms with van der Waals surface area (Å²) >= 11 is 0. The number of fused-ring (bicyclic) bond motifs is 6. The van der Waals surface area contributed by atoms with Gasteiger partial charge in [-0.05, 0) is 47.6 Å². The van der Waals surface area contributed by atoms with Crippen molar-refractivity contribution in [1.82, 2.24) is 15.2 Å². The SMILES string of the molecule is COc1ccc(C(CNC(=O)CN2C(=O)C3C4C=CC(C4)C3C2=O)c2c[nH]c3ccccc23)cc1. The van der Waals surface area contributed by atoms with Crippen molar-refractivity contribution in [2.24, 2.45) is 23.7 Å². The Kier molecular flexibility index (Phi) is 5.20. The topological polar surface area (TPSA) is 91.5 Å². The lowest BCUT2D eigenvalue weighted by molar-refractivity contribution is -0.144. The molecule has 7 heteroatoms. The molecule has 1 saturated heterocycles. The Hall–Kier alpha value is -3.87. The number of aromatic amines is 1. The molecule has 6 rings (SSSR count). The normalized spacial score (nSPS) is 25.3. The lowest BCUT2D eigenvalue weighted by atomic mass is 9.85. The number of nitrogens with zero attached hydrogens (tertiary/aromatic N) is 1. The minimum absolute atomic E-state index is 0.120. The van der Waals surface area contributed by atoms with Gasteiger partial charge in [-0.15, -0.1) is 0 Å². The van der Waals surface area contributed by atoms with E-state index in [0.717, 1.165) is 34.2 Å². The van der Waals surface area contributed by atoms with Crippen LogP contribution in [0.15, 0.2) is 66.9 Å². The number of nitrogens with one attached hydrogen (secondary N) is 2. The van der Waals surface area contributed by atoms with Crippen molar-refractivity contribution < 1.29 is 19.1 Å². The van der Waals surface area contributed by atoms with Crippen LogP contribution in [-0.4, -0.2) is 47.8 Å². The molecular formula is C28H27N3O4. The molecule has 2 aromatic carbocycles. The number of para-hydroxylation sites is 1. The number of carbonyl (C=O) groups excluding carboxylic acids is 3. The highest BCUT2D eigenvalue weighted by atomic mass is 16.5. The Labute approximate surface area is 203 Å². The minimum Gasteiger partial charge on any atom is -0.497 e. The lowest BCUT2D eigenvalue weighted by Crippen LogP contribution is -2.42. The van der Waals surface area contributed by atoms with Gasteiger partial charge in [-0.1, -0.05) is 42.5 Å². The Balaban J connectivity index is 1.20. The van der Waals surface area contributed by atoms with Crippen molar-refractivity contribution in [2.75, 3.05) is 20.2 Å². The van der Waals surface area contributed by atoms with E-state index in [9.17, 15) is 14.4 Å². The van der Waals surface area contributed by atoms with Crippen molar-refractivity contribution >= 4 is 28.6 Å². The molecule has 0 radical (unpaired) electrons. The highest BCUT2D eigenvalue weighted by Gasteiger charge is 2.59. The van der Waals surface area contributed by atoms with E-state index in [2.05, 4.69) is 28.5 Å². The monoisotopic (exact) mass is 469 g/mol. The highest BCUT2D eigenvalue weighted by Crippen LogP contribution is 2.52. The number of aromatic nitrogens is 1. The Morgan fingerprint density at radius 2 is 1.74 bits per heavy atom. The van der Waals surface area contributed by atoms with Crippen molar-refractivity contribution in [3.8, 4) is 5.75 Å². The van der Waals surface area contributed by atoms with Gasteiger partial charge >= 0.3 is 0 Å². The van der Waals surface area contributed by atoms with Gasteiger partial charge in [0.15, 0.2) is 0 Å². The number of methoxy groups -OCH3 is 1. The van der Waals surface area contributed by atoms with Gasteiger partial charge in [0, 0.05) is 29.6 Å². The first-order valence-corrected chi connectivity index (χ1v) is 12.1. The Morgan fingerprint density at radius 3 is 2.43 bits per heavy atom. The van der Waals surface area contributed by atoms with Gasteiger partial charge in [-0.3, -0.25) is 19.3 Å². The van der Waals surface area contributed by atoms with E-state index in [1.807, 2.05) is 48.7 Å². The zero-order valence-electron chi connectivity index (χ0n) is 19.4. The number of imide groups is 1. The van der Waals surface area contributed by atoms with E-state index in [0.29, 0.717) is 6.54 Å². The Morgan fingerprint density at radius 1 is 1.06 bits per heavy atom. The minimum atomic E-state index is -0.328. The van der Waals surface area contributed by atoms with Gasteiger partial charge in [-0.25, -0.2) is 0 Å². The van der Waals surface area contributed by atoms with Crippen molar-refractivity contribution in [3.05, 3.63) is 78.0 Å². The van der Waals surface area contributed by atoms with Crippen LogP contribution in [0.1, 0.15) is 23.5 Å².